The summed E-state index contributed by atoms with van der Waals surface area (Å²) < 4.78 is 57.2. The van der Waals surface area contributed by atoms with Crippen LogP contribution in [-0.2, 0) is 23.8 Å². The number of hydrogen-bond donors (Lipinski definition) is 3. The highest BCUT2D eigenvalue weighted by Gasteiger charge is 2.48. The van der Waals surface area contributed by atoms with Gasteiger partial charge in [-0.15, -0.1) is 13.2 Å². The molecule has 12 heteroatoms. The number of halogens is 3. The molecular formula is C17H19F3O9. The summed E-state index contributed by atoms with van der Waals surface area (Å²) in [6.07, 6.45) is -13.2. The molecule has 9 nitrogen and oxygen atoms in total. The first-order chi connectivity index (χ1) is 13.4. The van der Waals surface area contributed by atoms with Gasteiger partial charge in [-0.25, -0.2) is 0 Å². The third-order valence-electron chi connectivity index (χ3n) is 3.96. The van der Waals surface area contributed by atoms with Crippen molar-refractivity contribution in [3.63, 3.8) is 0 Å². The maximum atomic E-state index is 12.7. The number of hydrogen-bond acceptors (Lipinski definition) is 9. The Labute approximate surface area is 162 Å². The molecular weight excluding hydrogens is 405 g/mol. The van der Waals surface area contributed by atoms with Crippen LogP contribution < -0.4 is 4.74 Å². The lowest BCUT2D eigenvalue weighted by Crippen LogP contribution is -2.57. The quantitative estimate of drug-likeness (QED) is 0.591. The summed E-state index contributed by atoms with van der Waals surface area (Å²) in [5.41, 5.74) is -0.428. The van der Waals surface area contributed by atoms with Crippen molar-refractivity contribution in [1.82, 2.24) is 0 Å². The fourth-order valence-electron chi connectivity index (χ4n) is 2.84. The molecule has 0 amide bonds. The summed E-state index contributed by atoms with van der Waals surface area (Å²) in [6.45, 7) is 1.58. The summed E-state index contributed by atoms with van der Waals surface area (Å²) in [5, 5.41) is 30.4. The van der Waals surface area contributed by atoms with E-state index in [0.717, 1.165) is 32.0 Å². The van der Waals surface area contributed by atoms with Gasteiger partial charge in [0, 0.05) is 19.4 Å². The number of aliphatic hydroxyl groups is 2. The Morgan fingerprint density at radius 3 is 2.34 bits per heavy atom. The molecule has 1 aliphatic rings. The number of aliphatic hydroxyl groups excluding tert-OH is 2. The molecule has 1 heterocycles. The Kier molecular flexibility index (Phi) is 6.93. The standard InChI is InChI=1S/C17H19F3O9/c1-7(21)26-6-12-16(27-8(2)22)14(25)13(24)15(28-12)10-5-9(23)3-4-11(10)29-17(18,19)20/h3-5,12-16,23-25H,6H2,1-2H3/t12-,13+,14-,15-,16+/m1/s1. The lowest BCUT2D eigenvalue weighted by atomic mass is 9.90. The molecule has 0 bridgehead atoms. The van der Waals surface area contributed by atoms with Crippen LogP contribution in [0, 0.1) is 0 Å². The second kappa shape index (κ2) is 8.84. The predicted octanol–water partition coefficient (Wildman–Crippen LogP) is 0.947. The largest absolute Gasteiger partial charge is 0.573 e. The van der Waals surface area contributed by atoms with Crippen molar-refractivity contribution in [1.29, 1.82) is 0 Å². The van der Waals surface area contributed by atoms with Gasteiger partial charge in [0.1, 0.15) is 42.5 Å². The van der Waals surface area contributed by atoms with E-state index in [2.05, 4.69) is 4.74 Å². The second-order valence-corrected chi connectivity index (χ2v) is 6.22. The third-order valence-corrected chi connectivity index (χ3v) is 3.96. The van der Waals surface area contributed by atoms with E-state index in [1.54, 1.807) is 0 Å². The lowest BCUT2D eigenvalue weighted by Gasteiger charge is -2.42. The fraction of sp³-hybridized carbons (Fsp3) is 0.529. The van der Waals surface area contributed by atoms with E-state index in [1.165, 1.54) is 0 Å². The van der Waals surface area contributed by atoms with E-state index in [9.17, 15) is 38.1 Å². The van der Waals surface area contributed by atoms with E-state index in [0.29, 0.717) is 0 Å². The number of carbonyl (C=O) groups excluding carboxylic acids is 2. The molecule has 1 saturated heterocycles. The average molecular weight is 424 g/mol. The van der Waals surface area contributed by atoms with E-state index >= 15 is 0 Å². The number of rotatable bonds is 5. The van der Waals surface area contributed by atoms with Gasteiger partial charge in [0.2, 0.25) is 0 Å². The molecule has 0 unspecified atom stereocenters. The molecule has 29 heavy (non-hydrogen) atoms. The van der Waals surface area contributed by atoms with Gasteiger partial charge < -0.3 is 34.3 Å². The van der Waals surface area contributed by atoms with Crippen LogP contribution in [0.25, 0.3) is 0 Å². The zero-order valence-electron chi connectivity index (χ0n) is 15.3. The predicted molar refractivity (Wildman–Crippen MR) is 86.6 cm³/mol. The van der Waals surface area contributed by atoms with Crippen molar-refractivity contribution in [2.75, 3.05) is 6.61 Å². The molecule has 162 valence electrons. The van der Waals surface area contributed by atoms with Gasteiger partial charge in [-0.1, -0.05) is 0 Å². The minimum Gasteiger partial charge on any atom is -0.508 e. The van der Waals surface area contributed by atoms with E-state index in [-0.39, 0.29) is 0 Å². The maximum Gasteiger partial charge on any atom is 0.573 e. The van der Waals surface area contributed by atoms with Crippen LogP contribution in [0.4, 0.5) is 13.2 Å². The molecule has 5 atom stereocenters. The smallest absolute Gasteiger partial charge is 0.508 e. The molecule has 0 spiro atoms. The second-order valence-electron chi connectivity index (χ2n) is 6.22. The number of phenolic OH excluding ortho intramolecular Hbond substituents is 1. The molecule has 0 saturated carbocycles. The van der Waals surface area contributed by atoms with Gasteiger partial charge in [-0.05, 0) is 18.2 Å². The Morgan fingerprint density at radius 2 is 1.79 bits per heavy atom. The minimum atomic E-state index is -5.08. The van der Waals surface area contributed by atoms with Gasteiger partial charge in [-0.2, -0.15) is 0 Å². The first-order valence-electron chi connectivity index (χ1n) is 8.30. The van der Waals surface area contributed by atoms with Gasteiger partial charge in [0.25, 0.3) is 0 Å². The SMILES string of the molecule is CC(=O)OC[C@H]1O[C@H](c2cc(O)ccc2OC(F)(F)F)[C@@H](O)[C@@H](O)[C@H]1OC(C)=O. The van der Waals surface area contributed by atoms with Crippen molar-refractivity contribution >= 4 is 11.9 Å². The zero-order valence-corrected chi connectivity index (χ0v) is 15.3. The Balaban J connectivity index is 2.41. The molecule has 0 aliphatic carbocycles. The van der Waals surface area contributed by atoms with Crippen LogP contribution in [0.3, 0.4) is 0 Å². The minimum absolute atomic E-state index is 0.428. The lowest BCUT2D eigenvalue weighted by molar-refractivity contribution is -0.276. The summed E-state index contributed by atoms with van der Waals surface area (Å²) in [5.74, 6) is -2.82. The van der Waals surface area contributed by atoms with E-state index < -0.39 is 72.5 Å². The number of ether oxygens (including phenoxy) is 4. The first-order valence-corrected chi connectivity index (χ1v) is 8.30. The Morgan fingerprint density at radius 1 is 1.14 bits per heavy atom. The molecule has 0 radical (unpaired) electrons. The molecule has 1 aromatic rings. The summed E-state index contributed by atoms with van der Waals surface area (Å²) >= 11 is 0. The Bertz CT molecular complexity index is 752. The van der Waals surface area contributed by atoms with Crippen molar-refractivity contribution in [2.24, 2.45) is 0 Å². The molecule has 0 aromatic heterocycles. The number of aromatic hydroxyl groups is 1. The fourth-order valence-corrected chi connectivity index (χ4v) is 2.84. The van der Waals surface area contributed by atoms with Crippen LogP contribution in [-0.4, -0.2) is 64.6 Å². The summed E-state index contributed by atoms with van der Waals surface area (Å²) in [7, 11) is 0. The van der Waals surface area contributed by atoms with Gasteiger partial charge >= 0.3 is 18.3 Å². The van der Waals surface area contributed by atoms with Crippen molar-refractivity contribution < 1.29 is 57.0 Å². The number of benzene rings is 1. The van der Waals surface area contributed by atoms with E-state index in [4.69, 9.17) is 14.2 Å². The van der Waals surface area contributed by atoms with Crippen LogP contribution in [0.15, 0.2) is 18.2 Å². The summed E-state index contributed by atoms with van der Waals surface area (Å²) in [6, 6.07) is 2.59. The average Bonchev–Trinajstić information content (AvgIpc) is 2.58. The van der Waals surface area contributed by atoms with Crippen LogP contribution >= 0.6 is 0 Å². The molecule has 3 N–H and O–H groups in total. The van der Waals surface area contributed by atoms with Crippen LogP contribution in [0.5, 0.6) is 11.5 Å². The Hall–Kier alpha value is -2.57. The highest BCUT2D eigenvalue weighted by molar-refractivity contribution is 5.66. The van der Waals surface area contributed by atoms with Crippen LogP contribution in [0.2, 0.25) is 0 Å². The highest BCUT2D eigenvalue weighted by atomic mass is 19.4. The topological polar surface area (TPSA) is 132 Å². The highest BCUT2D eigenvalue weighted by Crippen LogP contribution is 2.40. The number of phenols is 1. The number of alkyl halides is 3. The number of esters is 2. The number of carbonyl (C=O) groups is 2. The van der Waals surface area contributed by atoms with E-state index in [1.807, 2.05) is 0 Å². The van der Waals surface area contributed by atoms with Crippen molar-refractivity contribution in [3.05, 3.63) is 23.8 Å². The maximum absolute atomic E-state index is 12.7. The third kappa shape index (κ3) is 5.95. The van der Waals surface area contributed by atoms with Gasteiger partial charge in [0.05, 0.1) is 0 Å². The van der Waals surface area contributed by atoms with Gasteiger partial charge in [0.15, 0.2) is 6.10 Å². The van der Waals surface area contributed by atoms with Crippen LogP contribution in [0.1, 0.15) is 25.5 Å². The normalized spacial score (nSPS) is 27.2. The molecule has 1 aliphatic heterocycles. The van der Waals surface area contributed by atoms with Gasteiger partial charge in [-0.3, -0.25) is 9.59 Å². The monoisotopic (exact) mass is 424 g/mol. The molecule has 2 rings (SSSR count). The first kappa shape index (κ1) is 22.7. The summed E-state index contributed by atoms with van der Waals surface area (Å²) in [4.78, 5) is 22.4. The zero-order chi connectivity index (χ0) is 21.9. The molecule has 1 aromatic carbocycles. The molecule has 1 fully saturated rings. The van der Waals surface area contributed by atoms with Crippen molar-refractivity contribution in [2.45, 2.75) is 50.7 Å². The van der Waals surface area contributed by atoms with Crippen molar-refractivity contribution in [3.8, 4) is 11.5 Å².